The summed E-state index contributed by atoms with van der Waals surface area (Å²) >= 11 is 0. The Labute approximate surface area is 117 Å². The quantitative estimate of drug-likeness (QED) is 0.850. The van der Waals surface area contributed by atoms with Crippen LogP contribution in [0.25, 0.3) is 6.08 Å². The van der Waals surface area contributed by atoms with E-state index in [9.17, 15) is 4.79 Å². The van der Waals surface area contributed by atoms with Crippen molar-refractivity contribution in [3.63, 3.8) is 0 Å². The van der Waals surface area contributed by atoms with Crippen LogP contribution in [0.1, 0.15) is 12.5 Å². The second-order valence-corrected chi connectivity index (χ2v) is 4.13. The van der Waals surface area contributed by atoms with Gasteiger partial charge in [0.25, 0.3) is 0 Å². The third kappa shape index (κ3) is 3.47. The first kappa shape index (κ1) is 13.9. The van der Waals surface area contributed by atoms with E-state index in [1.54, 1.807) is 30.1 Å². The number of carbonyl (C=O) groups is 1. The molecule has 0 fully saturated rings. The molecule has 0 bridgehead atoms. The van der Waals surface area contributed by atoms with E-state index < -0.39 is 0 Å². The Bertz CT molecular complexity index is 617. The number of anilines is 1. The van der Waals surface area contributed by atoms with Gasteiger partial charge in [0.1, 0.15) is 11.6 Å². The van der Waals surface area contributed by atoms with Crippen LogP contribution in [0.4, 0.5) is 5.82 Å². The van der Waals surface area contributed by atoms with E-state index in [1.807, 2.05) is 31.2 Å². The predicted octanol–water partition coefficient (Wildman–Crippen LogP) is 2.56. The number of benzene rings is 1. The minimum Gasteiger partial charge on any atom is -0.497 e. The number of hydrogen-bond donors (Lipinski definition) is 1. The van der Waals surface area contributed by atoms with E-state index in [1.165, 1.54) is 6.08 Å². The Morgan fingerprint density at radius 1 is 1.45 bits per heavy atom. The molecule has 2 aromatic rings. The van der Waals surface area contributed by atoms with Gasteiger partial charge in [-0.2, -0.15) is 5.10 Å². The van der Waals surface area contributed by atoms with Crippen LogP contribution in [-0.2, 0) is 11.3 Å². The summed E-state index contributed by atoms with van der Waals surface area (Å²) in [7, 11) is 1.61. The number of rotatable bonds is 5. The molecule has 0 saturated carbocycles. The average Bonchev–Trinajstić information content (AvgIpc) is 2.92. The molecule has 1 aromatic heterocycles. The Balaban J connectivity index is 2.02. The lowest BCUT2D eigenvalue weighted by molar-refractivity contribution is -0.111. The van der Waals surface area contributed by atoms with Gasteiger partial charge in [-0.15, -0.1) is 0 Å². The number of aromatic nitrogens is 2. The summed E-state index contributed by atoms with van der Waals surface area (Å²) in [4.78, 5) is 11.8. The van der Waals surface area contributed by atoms with E-state index >= 15 is 0 Å². The van der Waals surface area contributed by atoms with Gasteiger partial charge in [-0.1, -0.05) is 12.1 Å². The zero-order valence-corrected chi connectivity index (χ0v) is 11.5. The fourth-order valence-corrected chi connectivity index (χ4v) is 1.78. The van der Waals surface area contributed by atoms with Gasteiger partial charge in [0.2, 0.25) is 5.91 Å². The third-order valence-corrected chi connectivity index (χ3v) is 2.79. The van der Waals surface area contributed by atoms with E-state index in [0.717, 1.165) is 11.3 Å². The van der Waals surface area contributed by atoms with Gasteiger partial charge in [0, 0.05) is 18.7 Å². The van der Waals surface area contributed by atoms with Gasteiger partial charge in [0.15, 0.2) is 0 Å². The molecule has 2 rings (SSSR count). The zero-order chi connectivity index (χ0) is 14.4. The smallest absolute Gasteiger partial charge is 0.249 e. The van der Waals surface area contributed by atoms with Crippen molar-refractivity contribution in [1.82, 2.24) is 9.78 Å². The number of aryl methyl sites for hydroxylation is 1. The van der Waals surface area contributed by atoms with Crippen molar-refractivity contribution in [1.29, 1.82) is 0 Å². The van der Waals surface area contributed by atoms with Gasteiger partial charge < -0.3 is 10.1 Å². The summed E-state index contributed by atoms with van der Waals surface area (Å²) in [6, 6.07) is 9.27. The predicted molar refractivity (Wildman–Crippen MR) is 78.6 cm³/mol. The van der Waals surface area contributed by atoms with Crippen molar-refractivity contribution in [2.24, 2.45) is 0 Å². The van der Waals surface area contributed by atoms with Crippen LogP contribution in [0.2, 0.25) is 0 Å². The Morgan fingerprint density at radius 2 is 2.30 bits per heavy atom. The fourth-order valence-electron chi connectivity index (χ4n) is 1.78. The summed E-state index contributed by atoms with van der Waals surface area (Å²) in [6.07, 6.45) is 4.89. The Kier molecular flexibility index (Phi) is 4.55. The number of carbonyl (C=O) groups excluding carboxylic acids is 1. The van der Waals surface area contributed by atoms with Gasteiger partial charge >= 0.3 is 0 Å². The summed E-state index contributed by atoms with van der Waals surface area (Å²) in [5, 5.41) is 6.87. The van der Waals surface area contributed by atoms with Gasteiger partial charge in [0.05, 0.1) is 13.3 Å². The van der Waals surface area contributed by atoms with Crippen molar-refractivity contribution in [3.8, 4) is 5.75 Å². The normalized spacial score (nSPS) is 10.7. The molecule has 0 spiro atoms. The van der Waals surface area contributed by atoms with Gasteiger partial charge in [-0.25, -0.2) is 4.68 Å². The molecular formula is C15H17N3O2. The molecular weight excluding hydrogens is 254 g/mol. The molecule has 0 aliphatic heterocycles. The molecule has 20 heavy (non-hydrogen) atoms. The van der Waals surface area contributed by atoms with Crippen molar-refractivity contribution < 1.29 is 9.53 Å². The van der Waals surface area contributed by atoms with Crippen LogP contribution in [0.3, 0.4) is 0 Å². The molecule has 1 aromatic carbocycles. The minimum absolute atomic E-state index is 0.192. The number of hydrogen-bond acceptors (Lipinski definition) is 3. The van der Waals surface area contributed by atoms with Crippen molar-refractivity contribution in [2.45, 2.75) is 13.5 Å². The minimum atomic E-state index is -0.192. The highest BCUT2D eigenvalue weighted by molar-refractivity contribution is 6.01. The SMILES string of the molecule is CCn1nccc1NC(=O)C=Cc1cccc(OC)c1. The molecule has 5 nitrogen and oxygen atoms in total. The molecule has 0 unspecified atom stereocenters. The van der Waals surface area contributed by atoms with Crippen molar-refractivity contribution in [3.05, 3.63) is 48.2 Å². The maximum absolute atomic E-state index is 11.8. The van der Waals surface area contributed by atoms with Crippen molar-refractivity contribution >= 4 is 17.8 Å². The highest BCUT2D eigenvalue weighted by Crippen LogP contribution is 2.13. The molecule has 1 heterocycles. The summed E-state index contributed by atoms with van der Waals surface area (Å²) in [6.45, 7) is 2.68. The molecule has 0 atom stereocenters. The van der Waals surface area contributed by atoms with E-state index in [4.69, 9.17) is 4.74 Å². The van der Waals surface area contributed by atoms with Crippen molar-refractivity contribution in [2.75, 3.05) is 12.4 Å². The second-order valence-electron chi connectivity index (χ2n) is 4.13. The molecule has 0 aliphatic carbocycles. The number of nitrogens with one attached hydrogen (secondary N) is 1. The molecule has 0 radical (unpaired) electrons. The van der Waals surface area contributed by atoms with Crippen LogP contribution in [0, 0.1) is 0 Å². The molecule has 104 valence electrons. The molecule has 0 saturated heterocycles. The first-order valence-corrected chi connectivity index (χ1v) is 6.38. The molecule has 5 heteroatoms. The highest BCUT2D eigenvalue weighted by Gasteiger charge is 2.03. The number of ether oxygens (including phenoxy) is 1. The van der Waals surface area contributed by atoms with E-state index in [-0.39, 0.29) is 5.91 Å². The molecule has 0 aliphatic rings. The standard InChI is InChI=1S/C15H17N3O2/c1-3-18-14(9-10-16-18)17-15(19)8-7-12-5-4-6-13(11-12)20-2/h4-11H,3H2,1-2H3,(H,17,19). The average molecular weight is 271 g/mol. The maximum atomic E-state index is 11.8. The van der Waals surface area contributed by atoms with Crippen LogP contribution < -0.4 is 10.1 Å². The largest absolute Gasteiger partial charge is 0.497 e. The van der Waals surface area contributed by atoms with Crippen LogP contribution in [0.5, 0.6) is 5.75 Å². The molecule has 1 N–H and O–H groups in total. The summed E-state index contributed by atoms with van der Waals surface area (Å²) in [5.41, 5.74) is 0.906. The Hall–Kier alpha value is -2.56. The highest BCUT2D eigenvalue weighted by atomic mass is 16.5. The van der Waals surface area contributed by atoms with Crippen LogP contribution >= 0.6 is 0 Å². The number of nitrogens with zero attached hydrogens (tertiary/aromatic N) is 2. The maximum Gasteiger partial charge on any atom is 0.249 e. The lowest BCUT2D eigenvalue weighted by atomic mass is 10.2. The van der Waals surface area contributed by atoms with Gasteiger partial charge in [-0.05, 0) is 30.7 Å². The topological polar surface area (TPSA) is 56.2 Å². The first-order valence-electron chi connectivity index (χ1n) is 6.38. The summed E-state index contributed by atoms with van der Waals surface area (Å²) in [5.74, 6) is 1.26. The van der Waals surface area contributed by atoms with E-state index in [0.29, 0.717) is 12.4 Å². The zero-order valence-electron chi connectivity index (χ0n) is 11.5. The first-order chi connectivity index (χ1) is 9.72. The van der Waals surface area contributed by atoms with Gasteiger partial charge in [-0.3, -0.25) is 4.79 Å². The number of amides is 1. The molecule has 1 amide bonds. The monoisotopic (exact) mass is 271 g/mol. The number of methoxy groups -OCH3 is 1. The van der Waals surface area contributed by atoms with Crippen LogP contribution in [-0.4, -0.2) is 22.8 Å². The fraction of sp³-hybridized carbons (Fsp3) is 0.200. The Morgan fingerprint density at radius 3 is 3.05 bits per heavy atom. The lowest BCUT2D eigenvalue weighted by Gasteiger charge is -2.04. The summed E-state index contributed by atoms with van der Waals surface area (Å²) < 4.78 is 6.85. The van der Waals surface area contributed by atoms with E-state index in [2.05, 4.69) is 10.4 Å². The van der Waals surface area contributed by atoms with Crippen LogP contribution in [0.15, 0.2) is 42.6 Å². The lowest BCUT2D eigenvalue weighted by Crippen LogP contribution is -2.12. The second kappa shape index (κ2) is 6.56. The third-order valence-electron chi connectivity index (χ3n) is 2.79.